The van der Waals surface area contributed by atoms with Gasteiger partial charge in [0, 0.05) is 19.3 Å². The zero-order valence-corrected chi connectivity index (χ0v) is 21.3. The third kappa shape index (κ3) is 5.39. The van der Waals surface area contributed by atoms with Crippen molar-refractivity contribution in [2.75, 3.05) is 13.1 Å². The minimum Gasteiger partial charge on any atom is -0.349 e. The predicted molar refractivity (Wildman–Crippen MR) is 147 cm³/mol. The topological polar surface area (TPSA) is 62.3 Å². The number of benzene rings is 1. The summed E-state index contributed by atoms with van der Waals surface area (Å²) >= 11 is 1.45. The number of allylic oxidation sites excluding steroid dienone is 2. The fraction of sp³-hybridized carbons (Fsp3) is 0.233. The molecule has 1 aliphatic heterocycles. The van der Waals surface area contributed by atoms with Gasteiger partial charge in [0.15, 0.2) is 0 Å². The van der Waals surface area contributed by atoms with Crippen LogP contribution in [-0.4, -0.2) is 40.8 Å². The minimum atomic E-state index is -0.705. The zero-order valence-electron chi connectivity index (χ0n) is 20.5. The lowest BCUT2D eigenvalue weighted by molar-refractivity contribution is -0.128. The molecule has 0 radical (unpaired) electrons. The summed E-state index contributed by atoms with van der Waals surface area (Å²) in [5.41, 5.74) is 1.94. The molecule has 36 heavy (non-hydrogen) atoms. The molecule has 1 aliphatic rings. The Hall–Kier alpha value is -3.77. The molecule has 3 aromatic rings. The number of piperidine rings is 1. The monoisotopic (exact) mass is 497 g/mol. The fourth-order valence-electron chi connectivity index (χ4n) is 4.51. The van der Waals surface area contributed by atoms with Crippen LogP contribution in [0.3, 0.4) is 0 Å². The predicted octanol–water partition coefficient (Wildman–Crippen LogP) is 5.79. The molecule has 1 N–H and O–H groups in total. The van der Waals surface area contributed by atoms with E-state index in [0.717, 1.165) is 21.7 Å². The lowest BCUT2D eigenvalue weighted by Gasteiger charge is -2.41. The molecule has 3 heterocycles. The van der Waals surface area contributed by atoms with Crippen LogP contribution in [0, 0.1) is 0 Å². The first kappa shape index (κ1) is 25.3. The van der Waals surface area contributed by atoms with E-state index in [4.69, 9.17) is 0 Å². The van der Waals surface area contributed by atoms with E-state index in [-0.39, 0.29) is 17.9 Å². The van der Waals surface area contributed by atoms with Crippen molar-refractivity contribution in [2.24, 2.45) is 0 Å². The van der Waals surface area contributed by atoms with Crippen LogP contribution in [0.15, 0.2) is 104 Å². The van der Waals surface area contributed by atoms with Crippen LogP contribution in [0.25, 0.3) is 10.6 Å². The maximum absolute atomic E-state index is 13.7. The van der Waals surface area contributed by atoms with E-state index in [1.54, 1.807) is 12.3 Å². The third-order valence-electron chi connectivity index (χ3n) is 6.75. The van der Waals surface area contributed by atoms with Gasteiger partial charge in [-0.25, -0.2) is 0 Å². The SMILES string of the molecule is C=C/C=C\C(=C)[C@H](C)NC(=O)C1(c2ccccc2)CCN(C(=O)c2ccc(-c3ccccn3)s2)CC1. The van der Waals surface area contributed by atoms with E-state index in [2.05, 4.69) is 23.5 Å². The molecule has 1 fully saturated rings. The molecule has 0 aliphatic carbocycles. The number of pyridine rings is 1. The van der Waals surface area contributed by atoms with E-state index in [9.17, 15) is 9.59 Å². The summed E-state index contributed by atoms with van der Waals surface area (Å²) < 4.78 is 0. The van der Waals surface area contributed by atoms with E-state index >= 15 is 0 Å². The van der Waals surface area contributed by atoms with Crippen LogP contribution in [0.1, 0.15) is 35.0 Å². The summed E-state index contributed by atoms with van der Waals surface area (Å²) in [6.07, 6.45) is 8.20. The molecule has 6 heteroatoms. The molecule has 1 atom stereocenters. The van der Waals surface area contributed by atoms with Gasteiger partial charge in [-0.3, -0.25) is 14.6 Å². The molecule has 0 bridgehead atoms. The number of aromatic nitrogens is 1. The first-order chi connectivity index (χ1) is 17.4. The highest BCUT2D eigenvalue weighted by Gasteiger charge is 2.44. The van der Waals surface area contributed by atoms with Gasteiger partial charge in [-0.2, -0.15) is 0 Å². The number of nitrogens with zero attached hydrogens (tertiary/aromatic N) is 2. The summed E-state index contributed by atoms with van der Waals surface area (Å²) in [6.45, 7) is 10.7. The highest BCUT2D eigenvalue weighted by atomic mass is 32.1. The Morgan fingerprint density at radius 1 is 1.08 bits per heavy atom. The molecule has 0 spiro atoms. The molecule has 1 saturated heterocycles. The summed E-state index contributed by atoms with van der Waals surface area (Å²) in [4.78, 5) is 34.9. The van der Waals surface area contributed by atoms with Gasteiger partial charge in [-0.15, -0.1) is 11.3 Å². The molecule has 2 amide bonds. The molecule has 0 unspecified atom stereocenters. The van der Waals surface area contributed by atoms with Crippen molar-refractivity contribution in [1.29, 1.82) is 0 Å². The van der Waals surface area contributed by atoms with Crippen LogP contribution in [-0.2, 0) is 10.2 Å². The minimum absolute atomic E-state index is 0.000518. The van der Waals surface area contributed by atoms with Gasteiger partial charge in [0.25, 0.3) is 5.91 Å². The second-order valence-electron chi connectivity index (χ2n) is 8.98. The molecular formula is C30H31N3O2S. The smallest absolute Gasteiger partial charge is 0.263 e. The van der Waals surface area contributed by atoms with Gasteiger partial charge in [-0.05, 0) is 55.2 Å². The Morgan fingerprint density at radius 3 is 2.47 bits per heavy atom. The van der Waals surface area contributed by atoms with E-state index < -0.39 is 5.41 Å². The summed E-state index contributed by atoms with van der Waals surface area (Å²) in [7, 11) is 0. The first-order valence-electron chi connectivity index (χ1n) is 12.1. The van der Waals surface area contributed by atoms with Crippen molar-refractivity contribution >= 4 is 23.2 Å². The zero-order chi connectivity index (χ0) is 25.5. The molecule has 1 aromatic carbocycles. The molecular weight excluding hydrogens is 466 g/mol. The quantitative estimate of drug-likeness (QED) is 0.401. The Bertz CT molecular complexity index is 1260. The van der Waals surface area contributed by atoms with Crippen molar-refractivity contribution in [3.05, 3.63) is 114 Å². The molecule has 4 rings (SSSR count). The number of likely N-dealkylation sites (tertiary alicyclic amines) is 1. The summed E-state index contributed by atoms with van der Waals surface area (Å²) in [5, 5.41) is 3.16. The Morgan fingerprint density at radius 2 is 1.81 bits per heavy atom. The average molecular weight is 498 g/mol. The molecule has 5 nitrogen and oxygen atoms in total. The van der Waals surface area contributed by atoms with E-state index in [0.29, 0.717) is 30.8 Å². The van der Waals surface area contributed by atoms with Gasteiger partial charge < -0.3 is 10.2 Å². The number of hydrogen-bond donors (Lipinski definition) is 1. The van der Waals surface area contributed by atoms with Gasteiger partial charge in [-0.1, -0.05) is 67.8 Å². The number of thiophene rings is 1. The number of hydrogen-bond acceptors (Lipinski definition) is 4. The van der Waals surface area contributed by atoms with Crippen molar-refractivity contribution in [2.45, 2.75) is 31.2 Å². The normalized spacial score (nSPS) is 15.9. The number of rotatable bonds is 8. The highest BCUT2D eigenvalue weighted by molar-refractivity contribution is 7.17. The Kier molecular flexibility index (Phi) is 7.96. The van der Waals surface area contributed by atoms with Crippen LogP contribution < -0.4 is 5.32 Å². The molecule has 0 saturated carbocycles. The second-order valence-corrected chi connectivity index (χ2v) is 10.1. The van der Waals surface area contributed by atoms with Crippen LogP contribution in [0.5, 0.6) is 0 Å². The lowest BCUT2D eigenvalue weighted by Crippen LogP contribution is -2.54. The second kappa shape index (κ2) is 11.3. The maximum atomic E-state index is 13.7. The average Bonchev–Trinajstić information content (AvgIpc) is 3.42. The fourth-order valence-corrected chi connectivity index (χ4v) is 5.46. The molecule has 184 valence electrons. The number of amides is 2. The van der Waals surface area contributed by atoms with Gasteiger partial charge in [0.2, 0.25) is 5.91 Å². The molecule has 2 aromatic heterocycles. The third-order valence-corrected chi connectivity index (χ3v) is 7.85. The van der Waals surface area contributed by atoms with Crippen molar-refractivity contribution in [3.8, 4) is 10.6 Å². The highest BCUT2D eigenvalue weighted by Crippen LogP contribution is 2.37. The van der Waals surface area contributed by atoms with Crippen LogP contribution >= 0.6 is 11.3 Å². The van der Waals surface area contributed by atoms with Crippen LogP contribution in [0.2, 0.25) is 0 Å². The first-order valence-corrected chi connectivity index (χ1v) is 12.9. The van der Waals surface area contributed by atoms with Gasteiger partial charge in [0.05, 0.1) is 26.9 Å². The lowest BCUT2D eigenvalue weighted by atomic mass is 9.71. The van der Waals surface area contributed by atoms with Gasteiger partial charge >= 0.3 is 0 Å². The standard InChI is InChI=1S/C30H31N3O2S/c1-4-5-11-22(2)23(3)32-29(35)30(24-12-7-6-8-13-24)17-20-33(21-18-30)28(34)27-16-15-26(36-27)25-14-9-10-19-31-25/h4-16,19,23H,1-2,17-18,20-21H2,3H3,(H,32,35)/b11-5-/t23-/m0/s1. The Labute approximate surface area is 216 Å². The number of carbonyl (C=O) groups is 2. The number of carbonyl (C=O) groups excluding carboxylic acids is 2. The van der Waals surface area contributed by atoms with Gasteiger partial charge in [0.1, 0.15) is 0 Å². The summed E-state index contributed by atoms with van der Waals surface area (Å²) in [5.74, 6) is -0.0319. The van der Waals surface area contributed by atoms with E-state index in [1.807, 2.05) is 84.6 Å². The van der Waals surface area contributed by atoms with Crippen molar-refractivity contribution in [3.63, 3.8) is 0 Å². The summed E-state index contributed by atoms with van der Waals surface area (Å²) in [6, 6.07) is 19.2. The van der Waals surface area contributed by atoms with E-state index in [1.165, 1.54) is 11.3 Å². The Balaban J connectivity index is 1.50. The number of nitrogens with one attached hydrogen (secondary N) is 1. The van der Waals surface area contributed by atoms with Crippen molar-refractivity contribution in [1.82, 2.24) is 15.2 Å². The van der Waals surface area contributed by atoms with Crippen LogP contribution in [0.4, 0.5) is 0 Å². The van der Waals surface area contributed by atoms with Crippen molar-refractivity contribution < 1.29 is 9.59 Å². The largest absolute Gasteiger partial charge is 0.349 e. The maximum Gasteiger partial charge on any atom is 0.263 e.